The lowest BCUT2D eigenvalue weighted by molar-refractivity contribution is -0.0414. The Kier molecular flexibility index (Phi) is 32.3. The van der Waals surface area contributed by atoms with Gasteiger partial charge in [-0.05, 0) is 13.3 Å². The molecule has 0 radical (unpaired) electrons. The maximum atomic E-state index is 8.56. The zero-order valence-electron chi connectivity index (χ0n) is 23.3. The second-order valence-electron chi connectivity index (χ2n) is 8.63. The first-order valence-corrected chi connectivity index (χ1v) is 14.1. The quantitative estimate of drug-likeness (QED) is 0.132. The van der Waals surface area contributed by atoms with E-state index in [1.54, 1.807) is 0 Å². The molecule has 0 heterocycles. The summed E-state index contributed by atoms with van der Waals surface area (Å²) in [7, 11) is 0. The highest BCUT2D eigenvalue weighted by molar-refractivity contribution is 4.49. The van der Waals surface area contributed by atoms with Gasteiger partial charge in [0.1, 0.15) is 0 Å². The fourth-order valence-electron chi connectivity index (χ4n) is 3.21. The third kappa shape index (κ3) is 31.7. The van der Waals surface area contributed by atoms with Crippen LogP contribution in [0.15, 0.2) is 0 Å². The van der Waals surface area contributed by atoms with Gasteiger partial charge in [0.25, 0.3) is 0 Å². The minimum atomic E-state index is 0.0345. The maximum Gasteiger partial charge on any atom is 0.0781 e. The first-order valence-electron chi connectivity index (χ1n) is 14.1. The van der Waals surface area contributed by atoms with Crippen LogP contribution in [-0.4, -0.2) is 117 Å². The highest BCUT2D eigenvalue weighted by atomic mass is 16.6. The molecule has 1 atom stereocenters. The lowest BCUT2D eigenvalue weighted by Gasteiger charge is -2.13. The molecule has 0 amide bonds. The fourth-order valence-corrected chi connectivity index (χ4v) is 3.21. The molecule has 0 aromatic carbocycles. The summed E-state index contributed by atoms with van der Waals surface area (Å²) in [4.78, 5) is 0. The van der Waals surface area contributed by atoms with Crippen molar-refractivity contribution in [2.45, 2.75) is 71.3 Å². The van der Waals surface area contributed by atoms with Crippen molar-refractivity contribution in [1.82, 2.24) is 0 Å². The van der Waals surface area contributed by atoms with Gasteiger partial charge in [-0.25, -0.2) is 0 Å². The Balaban J connectivity index is 3.11. The van der Waals surface area contributed by atoms with Crippen molar-refractivity contribution in [3.05, 3.63) is 0 Å². The molecular formula is C27H56O9. The Labute approximate surface area is 220 Å². The average Bonchev–Trinajstić information content (AvgIpc) is 2.88. The van der Waals surface area contributed by atoms with Crippen molar-refractivity contribution in [3.63, 3.8) is 0 Å². The van der Waals surface area contributed by atoms with Crippen LogP contribution in [0, 0.1) is 0 Å². The first kappa shape index (κ1) is 35.6. The maximum absolute atomic E-state index is 8.56. The molecule has 9 heteroatoms. The number of rotatable bonds is 32. The monoisotopic (exact) mass is 524 g/mol. The Morgan fingerprint density at radius 1 is 0.444 bits per heavy atom. The van der Waals surface area contributed by atoms with Gasteiger partial charge >= 0.3 is 0 Å². The SMILES string of the molecule is CCCCCCCCCCOCC(C)OCCOCCOCCOCCOCCOCCOCCO. The van der Waals surface area contributed by atoms with E-state index < -0.39 is 0 Å². The summed E-state index contributed by atoms with van der Waals surface area (Å²) < 4.78 is 43.7. The van der Waals surface area contributed by atoms with Gasteiger partial charge in [0.15, 0.2) is 0 Å². The molecule has 0 aliphatic heterocycles. The Bertz CT molecular complexity index is 388. The van der Waals surface area contributed by atoms with Gasteiger partial charge in [-0.2, -0.15) is 0 Å². The van der Waals surface area contributed by atoms with Crippen molar-refractivity contribution in [1.29, 1.82) is 0 Å². The van der Waals surface area contributed by atoms with Crippen LogP contribution in [0.5, 0.6) is 0 Å². The summed E-state index contributed by atoms with van der Waals surface area (Å²) in [6.45, 7) is 12.5. The molecule has 0 aromatic heterocycles. The number of ether oxygens (including phenoxy) is 8. The molecular weight excluding hydrogens is 468 g/mol. The molecule has 36 heavy (non-hydrogen) atoms. The van der Waals surface area contributed by atoms with Crippen molar-refractivity contribution in [2.75, 3.05) is 106 Å². The molecule has 9 nitrogen and oxygen atoms in total. The Morgan fingerprint density at radius 2 is 0.833 bits per heavy atom. The number of aliphatic hydroxyl groups excluding tert-OH is 1. The molecule has 0 aliphatic rings. The van der Waals surface area contributed by atoms with Crippen molar-refractivity contribution >= 4 is 0 Å². The van der Waals surface area contributed by atoms with E-state index in [0.717, 1.165) is 13.0 Å². The lowest BCUT2D eigenvalue weighted by Crippen LogP contribution is -2.19. The van der Waals surface area contributed by atoms with Gasteiger partial charge in [0.2, 0.25) is 0 Å². The minimum absolute atomic E-state index is 0.0345. The summed E-state index contributed by atoms with van der Waals surface area (Å²) in [5.41, 5.74) is 0. The molecule has 0 aromatic rings. The molecule has 0 saturated carbocycles. The predicted octanol–water partition coefficient (Wildman–Crippen LogP) is 3.64. The Morgan fingerprint density at radius 3 is 1.28 bits per heavy atom. The molecule has 0 bridgehead atoms. The fraction of sp³-hybridized carbons (Fsp3) is 1.00. The van der Waals surface area contributed by atoms with E-state index in [9.17, 15) is 0 Å². The highest BCUT2D eigenvalue weighted by Crippen LogP contribution is 2.08. The molecule has 0 fully saturated rings. The standard InChI is InChI=1S/C27H56O9/c1-3-4-5-6-7-8-9-10-12-35-26-27(2)36-25-24-34-23-22-33-21-20-32-19-18-31-17-16-30-15-14-29-13-11-28/h27-28H,3-26H2,1-2H3. The van der Waals surface area contributed by atoms with Crippen molar-refractivity contribution < 1.29 is 43.0 Å². The topological polar surface area (TPSA) is 94.1 Å². The predicted molar refractivity (Wildman–Crippen MR) is 141 cm³/mol. The summed E-state index contributed by atoms with van der Waals surface area (Å²) in [6.07, 6.45) is 10.6. The molecule has 218 valence electrons. The minimum Gasteiger partial charge on any atom is -0.394 e. The number of hydrogen-bond acceptors (Lipinski definition) is 9. The van der Waals surface area contributed by atoms with Gasteiger partial charge < -0.3 is 43.0 Å². The van der Waals surface area contributed by atoms with E-state index in [0.29, 0.717) is 92.5 Å². The summed E-state index contributed by atoms with van der Waals surface area (Å²) in [5.74, 6) is 0. The Hall–Kier alpha value is -0.360. The molecule has 0 rings (SSSR count). The van der Waals surface area contributed by atoms with Crippen LogP contribution >= 0.6 is 0 Å². The molecule has 0 saturated heterocycles. The van der Waals surface area contributed by atoms with Crippen LogP contribution in [0.3, 0.4) is 0 Å². The number of hydrogen-bond donors (Lipinski definition) is 1. The van der Waals surface area contributed by atoms with Crippen molar-refractivity contribution in [2.24, 2.45) is 0 Å². The van der Waals surface area contributed by atoms with Gasteiger partial charge in [-0.3, -0.25) is 0 Å². The third-order valence-corrected chi connectivity index (χ3v) is 5.22. The summed E-state index contributed by atoms with van der Waals surface area (Å²) >= 11 is 0. The molecule has 0 spiro atoms. The third-order valence-electron chi connectivity index (χ3n) is 5.22. The smallest absolute Gasteiger partial charge is 0.0781 e. The normalized spacial score (nSPS) is 12.4. The number of unbranched alkanes of at least 4 members (excludes halogenated alkanes) is 7. The van der Waals surface area contributed by atoms with Crippen LogP contribution in [0.25, 0.3) is 0 Å². The number of aliphatic hydroxyl groups is 1. The van der Waals surface area contributed by atoms with E-state index in [4.69, 9.17) is 43.0 Å². The average molecular weight is 525 g/mol. The van der Waals surface area contributed by atoms with Crippen LogP contribution in [0.2, 0.25) is 0 Å². The molecule has 0 aliphatic carbocycles. The van der Waals surface area contributed by atoms with Gasteiger partial charge in [-0.1, -0.05) is 51.9 Å². The van der Waals surface area contributed by atoms with E-state index in [2.05, 4.69) is 6.92 Å². The van der Waals surface area contributed by atoms with E-state index >= 15 is 0 Å². The second-order valence-corrected chi connectivity index (χ2v) is 8.63. The highest BCUT2D eigenvalue weighted by Gasteiger charge is 2.02. The molecule has 1 N–H and O–H groups in total. The van der Waals surface area contributed by atoms with Gasteiger partial charge in [0.05, 0.1) is 105 Å². The zero-order chi connectivity index (χ0) is 26.2. The van der Waals surface area contributed by atoms with Gasteiger partial charge in [0, 0.05) is 6.61 Å². The lowest BCUT2D eigenvalue weighted by atomic mass is 10.1. The van der Waals surface area contributed by atoms with Crippen LogP contribution < -0.4 is 0 Å². The van der Waals surface area contributed by atoms with Crippen LogP contribution in [0.4, 0.5) is 0 Å². The first-order chi connectivity index (χ1) is 17.8. The van der Waals surface area contributed by atoms with E-state index in [-0.39, 0.29) is 12.7 Å². The van der Waals surface area contributed by atoms with Crippen molar-refractivity contribution in [3.8, 4) is 0 Å². The van der Waals surface area contributed by atoms with Crippen LogP contribution in [0.1, 0.15) is 65.2 Å². The largest absolute Gasteiger partial charge is 0.394 e. The van der Waals surface area contributed by atoms with Gasteiger partial charge in [-0.15, -0.1) is 0 Å². The summed E-state index contributed by atoms with van der Waals surface area (Å²) in [5, 5.41) is 8.56. The summed E-state index contributed by atoms with van der Waals surface area (Å²) in [6, 6.07) is 0. The van der Waals surface area contributed by atoms with Crippen LogP contribution in [-0.2, 0) is 37.9 Å². The second kappa shape index (κ2) is 32.7. The zero-order valence-corrected chi connectivity index (χ0v) is 23.3. The molecule has 1 unspecified atom stereocenters. The van der Waals surface area contributed by atoms with E-state index in [1.807, 2.05) is 6.92 Å². The van der Waals surface area contributed by atoms with E-state index in [1.165, 1.54) is 44.9 Å².